The predicted octanol–water partition coefficient (Wildman–Crippen LogP) is 3.18. The van der Waals surface area contributed by atoms with Crippen LogP contribution in [0.1, 0.15) is 52.4 Å². The number of ketones is 1. The fourth-order valence-electron chi connectivity index (χ4n) is 2.88. The van der Waals surface area contributed by atoms with Gasteiger partial charge in [0, 0.05) is 6.42 Å². The van der Waals surface area contributed by atoms with Crippen LogP contribution in [0.25, 0.3) is 0 Å². The van der Waals surface area contributed by atoms with E-state index >= 15 is 0 Å². The molecule has 0 aromatic carbocycles. The van der Waals surface area contributed by atoms with Crippen molar-refractivity contribution in [2.24, 2.45) is 0 Å². The van der Waals surface area contributed by atoms with Crippen LogP contribution in [0, 0.1) is 0 Å². The summed E-state index contributed by atoms with van der Waals surface area (Å²) in [6.45, 7) is 10.2. The van der Waals surface area contributed by atoms with Gasteiger partial charge in [0.2, 0.25) is 0 Å². The quantitative estimate of drug-likeness (QED) is 0.618. The van der Waals surface area contributed by atoms with Crippen molar-refractivity contribution in [2.45, 2.75) is 57.9 Å². The molecule has 2 heteroatoms. The van der Waals surface area contributed by atoms with Gasteiger partial charge < -0.3 is 0 Å². The Morgan fingerprint density at radius 1 is 1.31 bits per heavy atom. The minimum Gasteiger partial charge on any atom is -0.298 e. The summed E-state index contributed by atoms with van der Waals surface area (Å²) in [5.41, 5.74) is -0.181. The number of rotatable bonds is 7. The standard InChI is InChI=1S/C14H25NO/c1-4-7-10-13(16)14(5-2,6-3)15-11-8-9-12-15/h4H,1,5-12H2,2-3H3. The van der Waals surface area contributed by atoms with Crippen molar-refractivity contribution >= 4 is 5.78 Å². The number of allylic oxidation sites excluding steroid dienone is 1. The summed E-state index contributed by atoms with van der Waals surface area (Å²) in [6.07, 6.45) is 7.69. The zero-order valence-electron chi connectivity index (χ0n) is 10.8. The maximum absolute atomic E-state index is 12.4. The van der Waals surface area contributed by atoms with E-state index in [1.807, 2.05) is 6.08 Å². The Labute approximate surface area is 99.7 Å². The number of Topliss-reactive ketones (excluding diaryl/α,β-unsaturated/α-hetero) is 1. The third kappa shape index (κ3) is 2.54. The highest BCUT2D eigenvalue weighted by Gasteiger charge is 2.40. The molecule has 0 aromatic heterocycles. The molecule has 0 aliphatic carbocycles. The average molecular weight is 223 g/mol. The molecule has 0 saturated carbocycles. The SMILES string of the molecule is C=CCCC(=O)C(CC)(CC)N1CCCC1. The zero-order chi connectivity index (χ0) is 12.0. The number of nitrogens with zero attached hydrogens (tertiary/aromatic N) is 1. The van der Waals surface area contributed by atoms with Gasteiger partial charge in [-0.15, -0.1) is 6.58 Å². The summed E-state index contributed by atoms with van der Waals surface area (Å²) in [5, 5.41) is 0. The highest BCUT2D eigenvalue weighted by atomic mass is 16.1. The van der Waals surface area contributed by atoms with Gasteiger partial charge in [-0.1, -0.05) is 19.9 Å². The molecular formula is C14H25NO. The number of likely N-dealkylation sites (tertiary alicyclic amines) is 1. The van der Waals surface area contributed by atoms with E-state index in [1.54, 1.807) is 0 Å². The van der Waals surface area contributed by atoms with Crippen LogP contribution in [0.2, 0.25) is 0 Å². The topological polar surface area (TPSA) is 20.3 Å². The molecule has 0 aromatic rings. The molecule has 0 bridgehead atoms. The molecule has 1 heterocycles. The molecular weight excluding hydrogens is 198 g/mol. The van der Waals surface area contributed by atoms with Gasteiger partial charge in [0.1, 0.15) is 0 Å². The van der Waals surface area contributed by atoms with Crippen molar-refractivity contribution in [3.8, 4) is 0 Å². The van der Waals surface area contributed by atoms with Crippen molar-refractivity contribution in [2.75, 3.05) is 13.1 Å². The van der Waals surface area contributed by atoms with E-state index in [0.717, 1.165) is 32.4 Å². The molecule has 2 nitrogen and oxygen atoms in total. The lowest BCUT2D eigenvalue weighted by atomic mass is 9.84. The second kappa shape index (κ2) is 6.19. The van der Waals surface area contributed by atoms with Crippen LogP contribution < -0.4 is 0 Å². The van der Waals surface area contributed by atoms with Crippen LogP contribution in [0.15, 0.2) is 12.7 Å². The molecule has 92 valence electrons. The summed E-state index contributed by atoms with van der Waals surface area (Å²) in [7, 11) is 0. The molecule has 0 amide bonds. The molecule has 1 aliphatic heterocycles. The second-order valence-electron chi connectivity index (χ2n) is 4.68. The Balaban J connectivity index is 2.76. The highest BCUT2D eigenvalue weighted by molar-refractivity contribution is 5.88. The zero-order valence-corrected chi connectivity index (χ0v) is 10.8. The molecule has 0 radical (unpaired) electrons. The van der Waals surface area contributed by atoms with Crippen LogP contribution in [-0.2, 0) is 4.79 Å². The molecule has 0 atom stereocenters. The largest absolute Gasteiger partial charge is 0.298 e. The first-order valence-electron chi connectivity index (χ1n) is 6.60. The summed E-state index contributed by atoms with van der Waals surface area (Å²) in [4.78, 5) is 14.8. The Kier molecular flexibility index (Phi) is 5.20. The van der Waals surface area contributed by atoms with Crippen LogP contribution in [-0.4, -0.2) is 29.3 Å². The van der Waals surface area contributed by atoms with Gasteiger partial charge in [-0.05, 0) is 45.2 Å². The van der Waals surface area contributed by atoms with Crippen molar-refractivity contribution in [1.82, 2.24) is 4.90 Å². The van der Waals surface area contributed by atoms with E-state index in [0.29, 0.717) is 12.2 Å². The maximum atomic E-state index is 12.4. The molecule has 16 heavy (non-hydrogen) atoms. The smallest absolute Gasteiger partial charge is 0.153 e. The number of hydrogen-bond acceptors (Lipinski definition) is 2. The lowest BCUT2D eigenvalue weighted by Crippen LogP contribution is -2.52. The molecule has 0 N–H and O–H groups in total. The molecule has 1 saturated heterocycles. The molecule has 1 aliphatic rings. The van der Waals surface area contributed by atoms with Crippen LogP contribution >= 0.6 is 0 Å². The Hall–Kier alpha value is -0.630. The summed E-state index contributed by atoms with van der Waals surface area (Å²) >= 11 is 0. The van der Waals surface area contributed by atoms with Gasteiger partial charge in [0.05, 0.1) is 5.54 Å². The van der Waals surface area contributed by atoms with E-state index in [1.165, 1.54) is 12.8 Å². The lowest BCUT2D eigenvalue weighted by molar-refractivity contribution is -0.131. The van der Waals surface area contributed by atoms with Gasteiger partial charge >= 0.3 is 0 Å². The van der Waals surface area contributed by atoms with E-state index < -0.39 is 0 Å². The lowest BCUT2D eigenvalue weighted by Gasteiger charge is -2.39. The average Bonchev–Trinajstić information content (AvgIpc) is 2.83. The van der Waals surface area contributed by atoms with Gasteiger partial charge in [0.15, 0.2) is 5.78 Å². The monoisotopic (exact) mass is 223 g/mol. The van der Waals surface area contributed by atoms with Gasteiger partial charge in [-0.25, -0.2) is 0 Å². The number of hydrogen-bond donors (Lipinski definition) is 0. The predicted molar refractivity (Wildman–Crippen MR) is 68.6 cm³/mol. The Morgan fingerprint density at radius 2 is 1.88 bits per heavy atom. The van der Waals surface area contributed by atoms with Crippen molar-refractivity contribution in [3.05, 3.63) is 12.7 Å². The van der Waals surface area contributed by atoms with Crippen LogP contribution in [0.5, 0.6) is 0 Å². The summed E-state index contributed by atoms with van der Waals surface area (Å²) < 4.78 is 0. The second-order valence-corrected chi connectivity index (χ2v) is 4.68. The number of carbonyl (C=O) groups excluding carboxylic acids is 1. The molecule has 1 fully saturated rings. The fraction of sp³-hybridized carbons (Fsp3) is 0.786. The summed E-state index contributed by atoms with van der Waals surface area (Å²) in [5.74, 6) is 0.416. The third-order valence-corrected chi connectivity index (χ3v) is 3.98. The van der Waals surface area contributed by atoms with E-state index in [2.05, 4.69) is 25.3 Å². The first kappa shape index (κ1) is 13.4. The summed E-state index contributed by atoms with van der Waals surface area (Å²) in [6, 6.07) is 0. The highest BCUT2D eigenvalue weighted by Crippen LogP contribution is 2.30. The first-order valence-corrected chi connectivity index (χ1v) is 6.60. The van der Waals surface area contributed by atoms with Gasteiger partial charge in [-0.3, -0.25) is 9.69 Å². The van der Waals surface area contributed by atoms with Crippen molar-refractivity contribution in [1.29, 1.82) is 0 Å². The van der Waals surface area contributed by atoms with E-state index in [9.17, 15) is 4.79 Å². The Morgan fingerprint density at radius 3 is 2.31 bits per heavy atom. The molecule has 0 spiro atoms. The molecule has 0 unspecified atom stereocenters. The Bertz CT molecular complexity index is 237. The minimum absolute atomic E-state index is 0.181. The normalized spacial score (nSPS) is 17.6. The van der Waals surface area contributed by atoms with Crippen LogP contribution in [0.4, 0.5) is 0 Å². The van der Waals surface area contributed by atoms with Gasteiger partial charge in [0.25, 0.3) is 0 Å². The fourth-order valence-corrected chi connectivity index (χ4v) is 2.88. The third-order valence-electron chi connectivity index (χ3n) is 3.98. The van der Waals surface area contributed by atoms with Crippen molar-refractivity contribution in [3.63, 3.8) is 0 Å². The van der Waals surface area contributed by atoms with E-state index in [4.69, 9.17) is 0 Å². The molecule has 1 rings (SSSR count). The van der Waals surface area contributed by atoms with Crippen molar-refractivity contribution < 1.29 is 4.79 Å². The minimum atomic E-state index is -0.181. The first-order chi connectivity index (χ1) is 7.71. The van der Waals surface area contributed by atoms with Gasteiger partial charge in [-0.2, -0.15) is 0 Å². The number of carbonyl (C=O) groups is 1. The van der Waals surface area contributed by atoms with Crippen LogP contribution in [0.3, 0.4) is 0 Å². The maximum Gasteiger partial charge on any atom is 0.153 e. The van der Waals surface area contributed by atoms with E-state index in [-0.39, 0.29) is 5.54 Å².